The van der Waals surface area contributed by atoms with Gasteiger partial charge in [-0.25, -0.2) is 22.8 Å². The lowest BCUT2D eigenvalue weighted by molar-refractivity contribution is 0.221. The van der Waals surface area contributed by atoms with Crippen molar-refractivity contribution in [3.05, 3.63) is 40.6 Å². The van der Waals surface area contributed by atoms with Crippen molar-refractivity contribution in [2.45, 2.75) is 76.9 Å². The van der Waals surface area contributed by atoms with Crippen molar-refractivity contribution in [2.24, 2.45) is 11.3 Å². The topological polar surface area (TPSA) is 122 Å². The molecular weight excluding hydrogens is 545 g/mol. The van der Waals surface area contributed by atoms with E-state index in [9.17, 15) is 13.2 Å². The molecule has 2 heterocycles. The lowest BCUT2D eigenvalue weighted by Crippen LogP contribution is -2.36. The summed E-state index contributed by atoms with van der Waals surface area (Å²) >= 11 is 0. The van der Waals surface area contributed by atoms with Crippen LogP contribution in [0.1, 0.15) is 64.8 Å². The molecule has 1 atom stereocenters. The molecule has 220 valence electrons. The Labute approximate surface area is 239 Å². The van der Waals surface area contributed by atoms with Crippen LogP contribution in [0, 0.1) is 17.2 Å². The third kappa shape index (κ3) is 5.68. The summed E-state index contributed by atoms with van der Waals surface area (Å²) in [5.41, 5.74) is 0.833. The van der Waals surface area contributed by atoms with Gasteiger partial charge in [-0.05, 0) is 96.4 Å². The van der Waals surface area contributed by atoms with Gasteiger partial charge in [-0.15, -0.1) is 0 Å². The first kappa shape index (κ1) is 28.0. The number of halogens is 1. The quantitative estimate of drug-likeness (QED) is 0.380. The molecule has 3 aliphatic rings. The van der Waals surface area contributed by atoms with Gasteiger partial charge in [0.15, 0.2) is 5.65 Å². The summed E-state index contributed by atoms with van der Waals surface area (Å²) in [6.07, 6.45) is 8.91. The van der Waals surface area contributed by atoms with Gasteiger partial charge in [0.05, 0.1) is 17.6 Å². The highest BCUT2D eigenvalue weighted by Crippen LogP contribution is 2.70. The lowest BCUT2D eigenvalue weighted by Gasteiger charge is -2.32. The maximum absolute atomic E-state index is 15.1. The summed E-state index contributed by atoms with van der Waals surface area (Å²) in [6, 6.07) is 4.61. The first-order chi connectivity index (χ1) is 19.4. The first-order valence-corrected chi connectivity index (χ1v) is 16.1. The standard InChI is InChI=1S/C29H38FN7O3S/c1-17(2)37-26-24(15-31-28(34-26)32-20-6-8-21(9-7-20)36(3)4)33-25(27(37)38)18-5-10-23(22(30)13-18)35-41(39,40)16-19-14-29(19)11-12-29/h5,10,13,15,17,19-21,35H,6-9,11-12,14,16H2,1-4H3,(H,31,32,34). The molecule has 3 aromatic rings. The van der Waals surface area contributed by atoms with Crippen LogP contribution in [0.4, 0.5) is 16.0 Å². The Hall–Kier alpha value is -3.12. The monoisotopic (exact) mass is 583 g/mol. The minimum absolute atomic E-state index is 0.00765. The fourth-order valence-electron chi connectivity index (χ4n) is 6.32. The van der Waals surface area contributed by atoms with Crippen molar-refractivity contribution in [1.29, 1.82) is 0 Å². The zero-order valence-corrected chi connectivity index (χ0v) is 24.8. The van der Waals surface area contributed by atoms with E-state index in [4.69, 9.17) is 0 Å². The van der Waals surface area contributed by atoms with Gasteiger partial charge < -0.3 is 10.2 Å². The molecule has 3 fully saturated rings. The van der Waals surface area contributed by atoms with E-state index in [0.29, 0.717) is 23.2 Å². The zero-order chi connectivity index (χ0) is 29.1. The van der Waals surface area contributed by atoms with E-state index in [0.717, 1.165) is 51.0 Å². The number of nitrogens with zero attached hydrogens (tertiary/aromatic N) is 5. The fourth-order valence-corrected chi connectivity index (χ4v) is 7.90. The highest BCUT2D eigenvalue weighted by atomic mass is 32.2. The SMILES string of the molecule is CC(C)n1c(=O)c(-c2ccc(NS(=O)(=O)CC3CC34CC4)c(F)c2)nc2cnc(NC3CCC(N(C)C)CC3)nc21. The molecule has 0 bridgehead atoms. The van der Waals surface area contributed by atoms with Gasteiger partial charge in [0, 0.05) is 23.7 Å². The van der Waals surface area contributed by atoms with Gasteiger partial charge in [-0.2, -0.15) is 4.98 Å². The number of hydrogen-bond donors (Lipinski definition) is 2. The molecule has 3 saturated carbocycles. The smallest absolute Gasteiger partial charge is 0.278 e. The van der Waals surface area contributed by atoms with Crippen molar-refractivity contribution in [3.63, 3.8) is 0 Å². The predicted octanol–water partition coefficient (Wildman–Crippen LogP) is 4.40. The third-order valence-electron chi connectivity index (χ3n) is 9.09. The molecule has 2 aromatic heterocycles. The normalized spacial score (nSPS) is 23.3. The summed E-state index contributed by atoms with van der Waals surface area (Å²) < 4.78 is 44.3. The average Bonchev–Trinajstić information content (AvgIpc) is 3.83. The second kappa shape index (κ2) is 10.3. The fraction of sp³-hybridized carbons (Fsp3) is 0.586. The summed E-state index contributed by atoms with van der Waals surface area (Å²) in [5, 5.41) is 3.43. The third-order valence-corrected chi connectivity index (χ3v) is 10.5. The highest BCUT2D eigenvalue weighted by Gasteiger charge is 2.63. The number of aromatic nitrogens is 4. The van der Waals surface area contributed by atoms with Gasteiger partial charge in [-0.1, -0.05) is 6.07 Å². The highest BCUT2D eigenvalue weighted by molar-refractivity contribution is 7.92. The van der Waals surface area contributed by atoms with Crippen LogP contribution in [-0.2, 0) is 10.0 Å². The van der Waals surface area contributed by atoms with Crippen LogP contribution < -0.4 is 15.6 Å². The lowest BCUT2D eigenvalue weighted by atomic mass is 9.91. The maximum atomic E-state index is 15.1. The van der Waals surface area contributed by atoms with Crippen LogP contribution in [0.25, 0.3) is 22.4 Å². The van der Waals surface area contributed by atoms with E-state index in [-0.39, 0.29) is 46.1 Å². The summed E-state index contributed by atoms with van der Waals surface area (Å²) in [4.78, 5) is 29.6. The van der Waals surface area contributed by atoms with E-state index in [1.807, 2.05) is 13.8 Å². The minimum Gasteiger partial charge on any atom is -0.351 e. The van der Waals surface area contributed by atoms with Crippen molar-refractivity contribution >= 4 is 32.8 Å². The van der Waals surface area contributed by atoms with Crippen LogP contribution in [0.15, 0.2) is 29.2 Å². The van der Waals surface area contributed by atoms with Gasteiger partial charge in [0.25, 0.3) is 5.56 Å². The molecule has 12 heteroatoms. The molecule has 1 aromatic carbocycles. The number of rotatable bonds is 9. The molecule has 1 unspecified atom stereocenters. The number of fused-ring (bicyclic) bond motifs is 1. The Balaban J connectivity index is 1.25. The van der Waals surface area contributed by atoms with E-state index in [2.05, 4.69) is 44.0 Å². The van der Waals surface area contributed by atoms with Crippen molar-refractivity contribution in [1.82, 2.24) is 24.4 Å². The van der Waals surface area contributed by atoms with Crippen LogP contribution >= 0.6 is 0 Å². The predicted molar refractivity (Wildman–Crippen MR) is 158 cm³/mol. The van der Waals surface area contributed by atoms with Gasteiger partial charge >= 0.3 is 0 Å². The van der Waals surface area contributed by atoms with Gasteiger partial charge in [-0.3, -0.25) is 14.1 Å². The van der Waals surface area contributed by atoms with E-state index < -0.39 is 21.4 Å². The molecule has 6 rings (SSSR count). The number of sulfonamides is 1. The molecule has 10 nitrogen and oxygen atoms in total. The Kier molecular flexibility index (Phi) is 7.04. The van der Waals surface area contributed by atoms with E-state index in [1.165, 1.54) is 12.1 Å². The van der Waals surface area contributed by atoms with Crippen molar-refractivity contribution in [3.8, 4) is 11.3 Å². The van der Waals surface area contributed by atoms with E-state index >= 15 is 4.39 Å². The Morgan fingerprint density at radius 1 is 1.15 bits per heavy atom. The van der Waals surface area contributed by atoms with Crippen LogP contribution in [0.2, 0.25) is 0 Å². The molecule has 0 saturated heterocycles. The second-order valence-electron chi connectivity index (χ2n) is 12.6. The summed E-state index contributed by atoms with van der Waals surface area (Å²) in [6.45, 7) is 3.76. The molecule has 0 amide bonds. The van der Waals surface area contributed by atoms with Crippen molar-refractivity contribution in [2.75, 3.05) is 29.9 Å². The maximum Gasteiger partial charge on any atom is 0.278 e. The van der Waals surface area contributed by atoms with Gasteiger partial charge in [0.2, 0.25) is 16.0 Å². The number of hydrogen-bond acceptors (Lipinski definition) is 8. The summed E-state index contributed by atoms with van der Waals surface area (Å²) in [7, 11) is 0.547. The van der Waals surface area contributed by atoms with E-state index in [1.54, 1.807) is 10.8 Å². The largest absolute Gasteiger partial charge is 0.351 e. The molecule has 2 N–H and O–H groups in total. The second-order valence-corrected chi connectivity index (χ2v) is 14.4. The summed E-state index contributed by atoms with van der Waals surface area (Å²) in [5.74, 6) is -0.140. The molecule has 0 radical (unpaired) electrons. The molecule has 41 heavy (non-hydrogen) atoms. The van der Waals surface area contributed by atoms with Crippen LogP contribution in [0.5, 0.6) is 0 Å². The van der Waals surface area contributed by atoms with Crippen LogP contribution in [-0.4, -0.2) is 64.8 Å². The number of nitrogens with one attached hydrogen (secondary N) is 2. The van der Waals surface area contributed by atoms with Crippen molar-refractivity contribution < 1.29 is 12.8 Å². The molecule has 0 aliphatic heterocycles. The number of anilines is 2. The minimum atomic E-state index is -3.68. The molecule has 3 aliphatic carbocycles. The van der Waals surface area contributed by atoms with Gasteiger partial charge in [0.1, 0.15) is 17.0 Å². The first-order valence-electron chi connectivity index (χ1n) is 14.5. The number of benzene rings is 1. The average molecular weight is 584 g/mol. The molecular formula is C29H38FN7O3S. The Bertz CT molecular complexity index is 1640. The molecule has 1 spiro atoms. The Morgan fingerprint density at radius 2 is 1.88 bits per heavy atom. The van der Waals surface area contributed by atoms with Crippen LogP contribution in [0.3, 0.4) is 0 Å². The zero-order valence-electron chi connectivity index (χ0n) is 24.0. The Morgan fingerprint density at radius 3 is 2.49 bits per heavy atom.